The number of amides is 1. The van der Waals surface area contributed by atoms with E-state index in [0.29, 0.717) is 26.1 Å². The first kappa shape index (κ1) is 18.1. The predicted molar refractivity (Wildman–Crippen MR) is 102 cm³/mol. The Morgan fingerprint density at radius 2 is 2.00 bits per heavy atom. The van der Waals surface area contributed by atoms with Crippen molar-refractivity contribution in [3.05, 3.63) is 76.8 Å². The van der Waals surface area contributed by atoms with Crippen LogP contribution in [0.25, 0.3) is 0 Å². The third kappa shape index (κ3) is 5.70. The Hall–Kier alpha value is -2.67. The van der Waals surface area contributed by atoms with Gasteiger partial charge in [0, 0.05) is 11.0 Å². The van der Waals surface area contributed by atoms with Crippen molar-refractivity contribution in [1.82, 2.24) is 20.1 Å². The molecule has 0 bridgehead atoms. The van der Waals surface area contributed by atoms with Crippen LogP contribution in [0.2, 0.25) is 0 Å². The van der Waals surface area contributed by atoms with E-state index in [9.17, 15) is 4.79 Å². The molecule has 134 valence electrons. The number of ether oxygens (including phenoxy) is 1. The molecule has 0 saturated heterocycles. The molecule has 0 fully saturated rings. The standard InChI is InChI=1S/C19H19BrN4O2/c20-17-5-2-6-18(10-17)26-8-7-19(25)22-11-15-3-1-4-16(9-15)12-24-14-21-13-23-24/h1-6,9-10,13-14H,7-8,11-12H2,(H,22,25). The minimum atomic E-state index is -0.0401. The molecule has 2 aromatic carbocycles. The van der Waals surface area contributed by atoms with Gasteiger partial charge < -0.3 is 10.1 Å². The highest BCUT2D eigenvalue weighted by Gasteiger charge is 2.04. The topological polar surface area (TPSA) is 69.0 Å². The molecular formula is C19H19BrN4O2. The zero-order chi connectivity index (χ0) is 18.2. The monoisotopic (exact) mass is 414 g/mol. The molecule has 0 radical (unpaired) electrons. The van der Waals surface area contributed by atoms with Crippen molar-refractivity contribution in [3.63, 3.8) is 0 Å². The van der Waals surface area contributed by atoms with Crippen molar-refractivity contribution in [2.24, 2.45) is 0 Å². The van der Waals surface area contributed by atoms with Gasteiger partial charge in [0.1, 0.15) is 18.4 Å². The lowest BCUT2D eigenvalue weighted by molar-refractivity contribution is -0.121. The molecule has 3 rings (SSSR count). The summed E-state index contributed by atoms with van der Waals surface area (Å²) < 4.78 is 8.29. The zero-order valence-corrected chi connectivity index (χ0v) is 15.7. The Labute approximate surface area is 160 Å². The highest BCUT2D eigenvalue weighted by atomic mass is 79.9. The maximum atomic E-state index is 12.0. The number of hydrogen-bond acceptors (Lipinski definition) is 4. The number of rotatable bonds is 8. The summed E-state index contributed by atoms with van der Waals surface area (Å²) >= 11 is 3.39. The average molecular weight is 415 g/mol. The van der Waals surface area contributed by atoms with Gasteiger partial charge in [-0.3, -0.25) is 4.79 Å². The molecule has 0 saturated carbocycles. The van der Waals surface area contributed by atoms with Crippen molar-refractivity contribution in [1.29, 1.82) is 0 Å². The summed E-state index contributed by atoms with van der Waals surface area (Å²) in [5.41, 5.74) is 2.16. The van der Waals surface area contributed by atoms with Gasteiger partial charge in [-0.25, -0.2) is 9.67 Å². The molecule has 1 heterocycles. The summed E-state index contributed by atoms with van der Waals surface area (Å²) in [4.78, 5) is 15.9. The second-order valence-corrected chi connectivity index (χ2v) is 6.66. The molecule has 0 aliphatic carbocycles. The Bertz CT molecular complexity index is 852. The van der Waals surface area contributed by atoms with E-state index in [1.807, 2.05) is 42.5 Å². The summed E-state index contributed by atoms with van der Waals surface area (Å²) in [6.45, 7) is 1.48. The maximum absolute atomic E-state index is 12.0. The van der Waals surface area contributed by atoms with E-state index in [2.05, 4.69) is 37.4 Å². The van der Waals surface area contributed by atoms with Crippen molar-refractivity contribution in [2.45, 2.75) is 19.5 Å². The van der Waals surface area contributed by atoms with E-state index >= 15 is 0 Å². The highest BCUT2D eigenvalue weighted by Crippen LogP contribution is 2.17. The second kappa shape index (κ2) is 9.15. The van der Waals surface area contributed by atoms with Crippen molar-refractivity contribution in [3.8, 4) is 5.75 Å². The minimum absolute atomic E-state index is 0.0401. The predicted octanol–water partition coefficient (Wildman–Crippen LogP) is 3.17. The van der Waals surface area contributed by atoms with Gasteiger partial charge in [-0.15, -0.1) is 0 Å². The zero-order valence-electron chi connectivity index (χ0n) is 14.1. The summed E-state index contributed by atoms with van der Waals surface area (Å²) in [5, 5.41) is 7.02. The molecule has 0 unspecified atom stereocenters. The largest absolute Gasteiger partial charge is 0.493 e. The maximum Gasteiger partial charge on any atom is 0.223 e. The average Bonchev–Trinajstić information content (AvgIpc) is 3.13. The molecule has 0 aliphatic heterocycles. The Balaban J connectivity index is 1.42. The number of halogens is 1. The van der Waals surface area contributed by atoms with Gasteiger partial charge in [-0.2, -0.15) is 5.10 Å². The Morgan fingerprint density at radius 3 is 2.81 bits per heavy atom. The molecular weight excluding hydrogens is 396 g/mol. The van der Waals surface area contributed by atoms with Crippen LogP contribution in [0.5, 0.6) is 5.75 Å². The molecule has 1 amide bonds. The van der Waals surface area contributed by atoms with Gasteiger partial charge in [0.25, 0.3) is 0 Å². The lowest BCUT2D eigenvalue weighted by Crippen LogP contribution is -2.24. The van der Waals surface area contributed by atoms with Crippen LogP contribution in [0.3, 0.4) is 0 Å². The first-order chi connectivity index (χ1) is 12.7. The lowest BCUT2D eigenvalue weighted by atomic mass is 10.1. The number of benzene rings is 2. The van der Waals surface area contributed by atoms with Gasteiger partial charge in [0.15, 0.2) is 0 Å². The van der Waals surface area contributed by atoms with Gasteiger partial charge in [-0.1, -0.05) is 46.3 Å². The van der Waals surface area contributed by atoms with E-state index in [0.717, 1.165) is 21.3 Å². The van der Waals surface area contributed by atoms with Crippen LogP contribution < -0.4 is 10.1 Å². The van der Waals surface area contributed by atoms with E-state index < -0.39 is 0 Å². The molecule has 3 aromatic rings. The SMILES string of the molecule is O=C(CCOc1cccc(Br)c1)NCc1cccc(Cn2cncn2)c1. The number of aromatic nitrogens is 3. The number of hydrogen-bond donors (Lipinski definition) is 1. The molecule has 0 aliphatic rings. The molecule has 7 heteroatoms. The fraction of sp³-hybridized carbons (Fsp3) is 0.211. The van der Waals surface area contributed by atoms with Gasteiger partial charge in [-0.05, 0) is 29.3 Å². The Morgan fingerprint density at radius 1 is 1.15 bits per heavy atom. The normalized spacial score (nSPS) is 10.5. The molecule has 6 nitrogen and oxygen atoms in total. The first-order valence-electron chi connectivity index (χ1n) is 8.24. The molecule has 0 atom stereocenters. The molecule has 1 N–H and O–H groups in total. The first-order valence-corrected chi connectivity index (χ1v) is 9.03. The van der Waals surface area contributed by atoms with Crippen LogP contribution in [0.1, 0.15) is 17.5 Å². The summed E-state index contributed by atoms with van der Waals surface area (Å²) in [6.07, 6.45) is 3.51. The van der Waals surface area contributed by atoms with E-state index in [1.54, 1.807) is 11.0 Å². The Kier molecular flexibility index (Phi) is 6.38. The van der Waals surface area contributed by atoms with Crippen LogP contribution >= 0.6 is 15.9 Å². The number of carbonyl (C=O) groups excluding carboxylic acids is 1. The number of carbonyl (C=O) groups is 1. The fourth-order valence-electron chi connectivity index (χ4n) is 2.45. The summed E-state index contributed by atoms with van der Waals surface area (Å²) in [7, 11) is 0. The molecule has 1 aromatic heterocycles. The van der Waals surface area contributed by atoms with Crippen molar-refractivity contribution < 1.29 is 9.53 Å². The van der Waals surface area contributed by atoms with Gasteiger partial charge in [0.05, 0.1) is 19.6 Å². The third-order valence-electron chi connectivity index (χ3n) is 3.69. The van der Waals surface area contributed by atoms with Crippen LogP contribution in [0.4, 0.5) is 0 Å². The third-order valence-corrected chi connectivity index (χ3v) is 4.18. The van der Waals surface area contributed by atoms with Crippen molar-refractivity contribution in [2.75, 3.05) is 6.61 Å². The number of nitrogens with zero attached hydrogens (tertiary/aromatic N) is 3. The van der Waals surface area contributed by atoms with Gasteiger partial charge >= 0.3 is 0 Å². The fourth-order valence-corrected chi connectivity index (χ4v) is 2.83. The van der Waals surface area contributed by atoms with E-state index in [-0.39, 0.29) is 5.91 Å². The van der Waals surface area contributed by atoms with Crippen LogP contribution in [0.15, 0.2) is 65.7 Å². The van der Waals surface area contributed by atoms with Crippen molar-refractivity contribution >= 4 is 21.8 Å². The second-order valence-electron chi connectivity index (χ2n) is 5.75. The number of nitrogens with one attached hydrogen (secondary N) is 1. The highest BCUT2D eigenvalue weighted by molar-refractivity contribution is 9.10. The molecule has 0 spiro atoms. The molecule has 26 heavy (non-hydrogen) atoms. The van der Waals surface area contributed by atoms with E-state index in [1.165, 1.54) is 6.33 Å². The minimum Gasteiger partial charge on any atom is -0.493 e. The van der Waals surface area contributed by atoms with E-state index in [4.69, 9.17) is 4.74 Å². The quantitative estimate of drug-likeness (QED) is 0.614. The van der Waals surface area contributed by atoms with Crippen LogP contribution in [-0.2, 0) is 17.9 Å². The smallest absolute Gasteiger partial charge is 0.223 e. The van der Waals surface area contributed by atoms with Crippen LogP contribution in [-0.4, -0.2) is 27.3 Å². The summed E-state index contributed by atoms with van der Waals surface area (Å²) in [6, 6.07) is 15.6. The lowest BCUT2D eigenvalue weighted by Gasteiger charge is -2.09. The summed E-state index contributed by atoms with van der Waals surface area (Å²) in [5.74, 6) is 0.703. The van der Waals surface area contributed by atoms with Crippen LogP contribution in [0, 0.1) is 0 Å². The van der Waals surface area contributed by atoms with Gasteiger partial charge in [0.2, 0.25) is 5.91 Å².